The first-order valence-corrected chi connectivity index (χ1v) is 6.83. The van der Waals surface area contributed by atoms with Crippen molar-refractivity contribution in [1.29, 1.82) is 0 Å². The van der Waals surface area contributed by atoms with Gasteiger partial charge in [-0.1, -0.05) is 30.3 Å². The van der Waals surface area contributed by atoms with Gasteiger partial charge in [0.05, 0.1) is 12.5 Å². The van der Waals surface area contributed by atoms with Gasteiger partial charge >= 0.3 is 5.97 Å². The molecule has 2 atom stereocenters. The number of benzene rings is 1. The van der Waals surface area contributed by atoms with E-state index in [2.05, 4.69) is 5.32 Å². The van der Waals surface area contributed by atoms with Crippen LogP contribution in [0.5, 0.6) is 0 Å². The van der Waals surface area contributed by atoms with Gasteiger partial charge in [-0.2, -0.15) is 0 Å². The second-order valence-corrected chi connectivity index (χ2v) is 4.99. The molecular weight excluding hydrogens is 258 g/mol. The highest BCUT2D eigenvalue weighted by Crippen LogP contribution is 2.15. The lowest BCUT2D eigenvalue weighted by molar-refractivity contribution is -0.142. The van der Waals surface area contributed by atoms with Crippen molar-refractivity contribution in [3.05, 3.63) is 35.9 Å². The SMILES string of the molecule is O=C(CC1CCCO1)NC(Cc1ccccc1)C(=O)O. The lowest BCUT2D eigenvalue weighted by atomic mass is 10.1. The maximum atomic E-state index is 11.8. The maximum Gasteiger partial charge on any atom is 0.326 e. The predicted molar refractivity (Wildman–Crippen MR) is 73.3 cm³/mol. The zero-order chi connectivity index (χ0) is 14.4. The molecule has 0 aromatic heterocycles. The van der Waals surface area contributed by atoms with Crippen molar-refractivity contribution in [3.63, 3.8) is 0 Å². The Kier molecular flexibility index (Phi) is 5.12. The molecule has 20 heavy (non-hydrogen) atoms. The van der Waals surface area contributed by atoms with Crippen molar-refractivity contribution in [2.45, 2.75) is 37.8 Å². The number of hydrogen-bond donors (Lipinski definition) is 2. The van der Waals surface area contributed by atoms with E-state index in [1.54, 1.807) is 0 Å². The maximum absolute atomic E-state index is 11.8. The predicted octanol–water partition coefficient (Wildman–Crippen LogP) is 1.37. The fraction of sp³-hybridized carbons (Fsp3) is 0.467. The molecule has 5 heteroatoms. The number of nitrogens with one attached hydrogen (secondary N) is 1. The molecule has 2 unspecified atom stereocenters. The Morgan fingerprint density at radius 2 is 2.10 bits per heavy atom. The monoisotopic (exact) mass is 277 g/mol. The number of ether oxygens (including phenoxy) is 1. The first-order chi connectivity index (χ1) is 9.65. The van der Waals surface area contributed by atoms with Crippen LogP contribution in [0.1, 0.15) is 24.8 Å². The molecule has 0 aliphatic carbocycles. The van der Waals surface area contributed by atoms with Crippen LogP contribution in [0.15, 0.2) is 30.3 Å². The summed E-state index contributed by atoms with van der Waals surface area (Å²) >= 11 is 0. The van der Waals surface area contributed by atoms with Gasteiger partial charge < -0.3 is 15.2 Å². The molecule has 0 radical (unpaired) electrons. The van der Waals surface area contributed by atoms with Gasteiger partial charge in [0.25, 0.3) is 0 Å². The van der Waals surface area contributed by atoms with Gasteiger partial charge in [0.2, 0.25) is 5.91 Å². The average Bonchev–Trinajstić information content (AvgIpc) is 2.92. The van der Waals surface area contributed by atoms with E-state index >= 15 is 0 Å². The van der Waals surface area contributed by atoms with Gasteiger partial charge in [-0.15, -0.1) is 0 Å². The van der Waals surface area contributed by atoms with Crippen LogP contribution >= 0.6 is 0 Å². The molecule has 108 valence electrons. The third kappa shape index (κ3) is 4.35. The van der Waals surface area contributed by atoms with Gasteiger partial charge in [0.15, 0.2) is 0 Å². The zero-order valence-corrected chi connectivity index (χ0v) is 11.2. The summed E-state index contributed by atoms with van der Waals surface area (Å²) in [6.45, 7) is 0.685. The third-order valence-electron chi connectivity index (χ3n) is 3.35. The highest BCUT2D eigenvalue weighted by atomic mass is 16.5. The number of rotatable bonds is 6. The van der Waals surface area contributed by atoms with E-state index < -0.39 is 12.0 Å². The molecule has 0 spiro atoms. The van der Waals surface area contributed by atoms with Gasteiger partial charge in [-0.25, -0.2) is 4.79 Å². The van der Waals surface area contributed by atoms with Crippen LogP contribution in [0, 0.1) is 0 Å². The summed E-state index contributed by atoms with van der Waals surface area (Å²) in [5, 5.41) is 11.8. The van der Waals surface area contributed by atoms with Gasteiger partial charge in [0, 0.05) is 13.0 Å². The van der Waals surface area contributed by atoms with Gasteiger partial charge in [0.1, 0.15) is 6.04 Å². The van der Waals surface area contributed by atoms with Crippen LogP contribution < -0.4 is 5.32 Å². The summed E-state index contributed by atoms with van der Waals surface area (Å²) in [5.41, 5.74) is 0.886. The number of carbonyl (C=O) groups is 2. The largest absolute Gasteiger partial charge is 0.480 e. The molecule has 1 aliphatic heterocycles. The van der Waals surface area contributed by atoms with Crippen molar-refractivity contribution >= 4 is 11.9 Å². The number of hydrogen-bond acceptors (Lipinski definition) is 3. The minimum atomic E-state index is -1.02. The smallest absolute Gasteiger partial charge is 0.326 e. The molecule has 1 aromatic rings. The van der Waals surface area contributed by atoms with Crippen molar-refractivity contribution in [1.82, 2.24) is 5.32 Å². The molecule has 2 N–H and O–H groups in total. The van der Waals surface area contributed by atoms with E-state index in [1.807, 2.05) is 30.3 Å². The van der Waals surface area contributed by atoms with Crippen LogP contribution in [-0.4, -0.2) is 35.7 Å². The van der Waals surface area contributed by atoms with E-state index in [0.29, 0.717) is 6.61 Å². The summed E-state index contributed by atoms with van der Waals surface area (Å²) in [6, 6.07) is 8.37. The fourth-order valence-corrected chi connectivity index (χ4v) is 2.32. The Balaban J connectivity index is 1.88. The van der Waals surface area contributed by atoms with E-state index in [9.17, 15) is 14.7 Å². The molecule has 1 aromatic carbocycles. The second kappa shape index (κ2) is 7.05. The molecule has 0 saturated carbocycles. The van der Waals surface area contributed by atoms with E-state index in [1.165, 1.54) is 0 Å². The molecule has 0 bridgehead atoms. The van der Waals surface area contributed by atoms with Crippen molar-refractivity contribution in [2.75, 3.05) is 6.61 Å². The first kappa shape index (κ1) is 14.5. The third-order valence-corrected chi connectivity index (χ3v) is 3.35. The quantitative estimate of drug-likeness (QED) is 0.823. The minimum absolute atomic E-state index is 0.0684. The summed E-state index contributed by atoms with van der Waals surface area (Å²) in [7, 11) is 0. The Bertz CT molecular complexity index is 454. The molecule has 1 fully saturated rings. The van der Waals surface area contributed by atoms with Crippen LogP contribution in [0.3, 0.4) is 0 Å². The van der Waals surface area contributed by atoms with Crippen LogP contribution in [0.4, 0.5) is 0 Å². The molecule has 1 saturated heterocycles. The summed E-state index contributed by atoms with van der Waals surface area (Å²) in [6.07, 6.45) is 2.28. The van der Waals surface area contributed by atoms with Gasteiger partial charge in [-0.05, 0) is 18.4 Å². The molecule has 1 aliphatic rings. The summed E-state index contributed by atoms with van der Waals surface area (Å²) < 4.78 is 5.38. The van der Waals surface area contributed by atoms with Crippen LogP contribution in [0.25, 0.3) is 0 Å². The Morgan fingerprint density at radius 3 is 2.70 bits per heavy atom. The fourth-order valence-electron chi connectivity index (χ4n) is 2.32. The van der Waals surface area contributed by atoms with Crippen LogP contribution in [0.2, 0.25) is 0 Å². The molecular formula is C15H19NO4. The summed E-state index contributed by atoms with van der Waals surface area (Å²) in [4.78, 5) is 23.1. The van der Waals surface area contributed by atoms with Crippen molar-refractivity contribution < 1.29 is 19.4 Å². The van der Waals surface area contributed by atoms with Crippen LogP contribution in [-0.2, 0) is 20.7 Å². The second-order valence-electron chi connectivity index (χ2n) is 4.99. The lowest BCUT2D eigenvalue weighted by Crippen LogP contribution is -2.43. The van der Waals surface area contributed by atoms with E-state index in [4.69, 9.17) is 4.74 Å². The topological polar surface area (TPSA) is 75.6 Å². The zero-order valence-electron chi connectivity index (χ0n) is 11.2. The van der Waals surface area contributed by atoms with E-state index in [-0.39, 0.29) is 24.9 Å². The highest BCUT2D eigenvalue weighted by Gasteiger charge is 2.24. The van der Waals surface area contributed by atoms with Crippen molar-refractivity contribution in [2.24, 2.45) is 0 Å². The number of amides is 1. The standard InChI is InChI=1S/C15H19NO4/c17-14(10-12-7-4-8-20-12)16-13(15(18)19)9-11-5-2-1-3-6-11/h1-3,5-6,12-13H,4,7-10H2,(H,16,17)(H,18,19). The number of carboxylic acid groups (broad SMARTS) is 1. The number of carboxylic acids is 1. The molecule has 1 heterocycles. The minimum Gasteiger partial charge on any atom is -0.480 e. The first-order valence-electron chi connectivity index (χ1n) is 6.83. The number of carbonyl (C=O) groups excluding carboxylic acids is 1. The Morgan fingerprint density at radius 1 is 1.35 bits per heavy atom. The lowest BCUT2D eigenvalue weighted by Gasteiger charge is -2.16. The Hall–Kier alpha value is -1.88. The number of aliphatic carboxylic acids is 1. The highest BCUT2D eigenvalue weighted by molar-refractivity contribution is 5.84. The Labute approximate surface area is 117 Å². The van der Waals surface area contributed by atoms with E-state index in [0.717, 1.165) is 18.4 Å². The summed E-state index contributed by atoms with van der Waals surface area (Å²) in [5.74, 6) is -1.28. The molecule has 2 rings (SSSR count). The van der Waals surface area contributed by atoms with Crippen molar-refractivity contribution in [3.8, 4) is 0 Å². The average molecular weight is 277 g/mol. The molecule has 1 amide bonds. The normalized spacial score (nSPS) is 19.5. The molecule has 5 nitrogen and oxygen atoms in total. The van der Waals surface area contributed by atoms with Gasteiger partial charge in [-0.3, -0.25) is 4.79 Å².